The summed E-state index contributed by atoms with van der Waals surface area (Å²) in [6, 6.07) is 8.53. The number of ether oxygens (including phenoxy) is 1. The van der Waals surface area contributed by atoms with Gasteiger partial charge in [0.05, 0.1) is 11.7 Å². The Morgan fingerprint density at radius 3 is 2.47 bits per heavy atom. The van der Waals surface area contributed by atoms with E-state index in [1.165, 1.54) is 6.92 Å². The predicted molar refractivity (Wildman–Crippen MR) is 62.5 cm³/mol. The summed E-state index contributed by atoms with van der Waals surface area (Å²) in [4.78, 5) is 11.6. The van der Waals surface area contributed by atoms with Gasteiger partial charge in [-0.25, -0.2) is 9.18 Å². The maximum absolute atomic E-state index is 13.2. The Hall–Kier alpha value is -1.42. The lowest BCUT2D eigenvalue weighted by molar-refractivity contribution is 0.0136. The van der Waals surface area contributed by atoms with Crippen molar-refractivity contribution < 1.29 is 19.0 Å². The number of aliphatic hydroxyl groups is 1. The van der Waals surface area contributed by atoms with Crippen LogP contribution in [0.15, 0.2) is 30.3 Å². The minimum Gasteiger partial charge on any atom is -0.459 e. The molecule has 1 aromatic carbocycles. The van der Waals surface area contributed by atoms with Crippen LogP contribution in [0.25, 0.3) is 0 Å². The number of hydrogen-bond donors (Lipinski definition) is 1. The van der Waals surface area contributed by atoms with Crippen LogP contribution in [0.2, 0.25) is 0 Å². The summed E-state index contributed by atoms with van der Waals surface area (Å²) in [6.07, 6.45) is -3.00. The molecule has 0 bridgehead atoms. The Bertz CT molecular complexity index is 351. The van der Waals surface area contributed by atoms with E-state index in [1.807, 2.05) is 0 Å². The molecule has 0 saturated heterocycles. The number of aliphatic hydroxyl groups excluding tert-OH is 1. The monoisotopic (exact) mass is 240 g/mol. The molecule has 0 amide bonds. The van der Waals surface area contributed by atoms with Gasteiger partial charge in [0, 0.05) is 6.42 Å². The molecule has 0 saturated carbocycles. The van der Waals surface area contributed by atoms with Gasteiger partial charge in [0.1, 0.15) is 12.3 Å². The normalized spacial score (nSPS) is 16.0. The van der Waals surface area contributed by atoms with Gasteiger partial charge in [0.15, 0.2) is 0 Å². The Morgan fingerprint density at radius 2 is 1.94 bits per heavy atom. The standard InChI is InChI=1S/C13H17FO3/c1-9(8-12(14)10(2)15)17-13(16)11-6-4-3-5-7-11/h3-7,9-10,12,15H,8H2,1-2H3. The molecule has 3 atom stereocenters. The molecule has 4 heteroatoms. The SMILES string of the molecule is CC(CC(F)C(C)O)OC(=O)c1ccccc1. The third kappa shape index (κ3) is 4.53. The van der Waals surface area contributed by atoms with E-state index in [2.05, 4.69) is 0 Å². The molecule has 0 spiro atoms. The van der Waals surface area contributed by atoms with Crippen LogP contribution in [0.5, 0.6) is 0 Å². The molecule has 1 N–H and O–H groups in total. The first-order valence-corrected chi connectivity index (χ1v) is 5.59. The van der Waals surface area contributed by atoms with Crippen molar-refractivity contribution in [3.63, 3.8) is 0 Å². The fraction of sp³-hybridized carbons (Fsp3) is 0.462. The second kappa shape index (κ2) is 6.35. The minimum atomic E-state index is -1.38. The molecule has 0 aliphatic rings. The molecule has 94 valence electrons. The summed E-state index contributed by atoms with van der Waals surface area (Å²) in [5.41, 5.74) is 0.437. The number of esters is 1. The van der Waals surface area contributed by atoms with Gasteiger partial charge in [-0.15, -0.1) is 0 Å². The average Bonchev–Trinajstić information content (AvgIpc) is 2.29. The van der Waals surface area contributed by atoms with Crippen molar-refractivity contribution in [3.8, 4) is 0 Å². The summed E-state index contributed by atoms with van der Waals surface area (Å²) >= 11 is 0. The highest BCUT2D eigenvalue weighted by Crippen LogP contribution is 2.12. The van der Waals surface area contributed by atoms with Crippen LogP contribution in [-0.4, -0.2) is 29.5 Å². The van der Waals surface area contributed by atoms with Gasteiger partial charge in [-0.1, -0.05) is 18.2 Å². The Kier molecular flexibility index (Phi) is 5.10. The highest BCUT2D eigenvalue weighted by atomic mass is 19.1. The number of carbonyl (C=O) groups excluding carboxylic acids is 1. The first kappa shape index (κ1) is 13.6. The summed E-state index contributed by atoms with van der Waals surface area (Å²) in [6.45, 7) is 2.98. The van der Waals surface area contributed by atoms with Crippen molar-refractivity contribution in [1.82, 2.24) is 0 Å². The molecule has 1 rings (SSSR count). The van der Waals surface area contributed by atoms with E-state index in [-0.39, 0.29) is 6.42 Å². The smallest absolute Gasteiger partial charge is 0.338 e. The molecule has 0 radical (unpaired) electrons. The fourth-order valence-corrected chi connectivity index (χ4v) is 1.39. The second-order valence-corrected chi connectivity index (χ2v) is 4.07. The number of benzene rings is 1. The van der Waals surface area contributed by atoms with Gasteiger partial charge in [0.2, 0.25) is 0 Å². The zero-order valence-electron chi connectivity index (χ0n) is 9.97. The Labute approximate surface area is 100 Å². The minimum absolute atomic E-state index is 0.00373. The van der Waals surface area contributed by atoms with E-state index >= 15 is 0 Å². The van der Waals surface area contributed by atoms with Crippen LogP contribution in [0.3, 0.4) is 0 Å². The molecule has 0 aliphatic heterocycles. The van der Waals surface area contributed by atoms with E-state index in [1.54, 1.807) is 37.3 Å². The van der Waals surface area contributed by atoms with E-state index < -0.39 is 24.3 Å². The number of carbonyl (C=O) groups is 1. The zero-order chi connectivity index (χ0) is 12.8. The topological polar surface area (TPSA) is 46.5 Å². The van der Waals surface area contributed by atoms with Gasteiger partial charge < -0.3 is 9.84 Å². The zero-order valence-corrected chi connectivity index (χ0v) is 9.97. The molecule has 17 heavy (non-hydrogen) atoms. The fourth-order valence-electron chi connectivity index (χ4n) is 1.39. The molecule has 3 nitrogen and oxygen atoms in total. The summed E-state index contributed by atoms with van der Waals surface area (Å²) in [5, 5.41) is 9.01. The lowest BCUT2D eigenvalue weighted by Gasteiger charge is -2.17. The number of hydrogen-bond acceptors (Lipinski definition) is 3. The van der Waals surface area contributed by atoms with Crippen LogP contribution < -0.4 is 0 Å². The van der Waals surface area contributed by atoms with Crippen molar-refractivity contribution in [2.75, 3.05) is 0 Å². The van der Waals surface area contributed by atoms with Crippen LogP contribution in [-0.2, 0) is 4.74 Å². The summed E-state index contributed by atoms with van der Waals surface area (Å²) in [7, 11) is 0. The van der Waals surface area contributed by atoms with E-state index in [0.29, 0.717) is 5.56 Å². The van der Waals surface area contributed by atoms with E-state index in [4.69, 9.17) is 9.84 Å². The second-order valence-electron chi connectivity index (χ2n) is 4.07. The molecular formula is C13H17FO3. The third-order valence-electron chi connectivity index (χ3n) is 2.40. The van der Waals surface area contributed by atoms with Gasteiger partial charge in [-0.05, 0) is 26.0 Å². The van der Waals surface area contributed by atoms with Crippen molar-refractivity contribution in [1.29, 1.82) is 0 Å². The first-order chi connectivity index (χ1) is 8.00. The lowest BCUT2D eigenvalue weighted by atomic mass is 10.1. The van der Waals surface area contributed by atoms with Gasteiger partial charge in [0.25, 0.3) is 0 Å². The van der Waals surface area contributed by atoms with Crippen LogP contribution >= 0.6 is 0 Å². The maximum atomic E-state index is 13.2. The van der Waals surface area contributed by atoms with Crippen molar-refractivity contribution in [2.24, 2.45) is 0 Å². The van der Waals surface area contributed by atoms with Gasteiger partial charge in [-0.2, -0.15) is 0 Å². The lowest BCUT2D eigenvalue weighted by Crippen LogP contribution is -2.25. The summed E-state index contributed by atoms with van der Waals surface area (Å²) in [5.74, 6) is -0.476. The number of rotatable bonds is 5. The molecule has 0 aromatic heterocycles. The molecule has 1 aromatic rings. The largest absolute Gasteiger partial charge is 0.459 e. The molecule has 3 unspecified atom stereocenters. The number of halogens is 1. The van der Waals surface area contributed by atoms with Gasteiger partial charge >= 0.3 is 5.97 Å². The van der Waals surface area contributed by atoms with E-state index in [0.717, 1.165) is 0 Å². The number of alkyl halides is 1. The highest BCUT2D eigenvalue weighted by molar-refractivity contribution is 5.89. The molecule has 0 heterocycles. The van der Waals surface area contributed by atoms with Crippen molar-refractivity contribution in [3.05, 3.63) is 35.9 Å². The van der Waals surface area contributed by atoms with Crippen LogP contribution in [0.1, 0.15) is 30.6 Å². The highest BCUT2D eigenvalue weighted by Gasteiger charge is 2.20. The molecule has 0 fully saturated rings. The Morgan fingerprint density at radius 1 is 1.35 bits per heavy atom. The predicted octanol–water partition coefficient (Wildman–Crippen LogP) is 2.34. The Balaban J connectivity index is 2.47. The summed E-state index contributed by atoms with van der Waals surface area (Å²) < 4.78 is 18.3. The average molecular weight is 240 g/mol. The molecular weight excluding hydrogens is 223 g/mol. The van der Waals surface area contributed by atoms with E-state index in [9.17, 15) is 9.18 Å². The van der Waals surface area contributed by atoms with Crippen LogP contribution in [0, 0.1) is 0 Å². The van der Waals surface area contributed by atoms with Crippen LogP contribution in [0.4, 0.5) is 4.39 Å². The van der Waals surface area contributed by atoms with Crippen molar-refractivity contribution in [2.45, 2.75) is 38.6 Å². The van der Waals surface area contributed by atoms with Crippen molar-refractivity contribution >= 4 is 5.97 Å². The third-order valence-corrected chi connectivity index (χ3v) is 2.40. The molecule has 0 aliphatic carbocycles. The first-order valence-electron chi connectivity index (χ1n) is 5.59. The maximum Gasteiger partial charge on any atom is 0.338 e. The quantitative estimate of drug-likeness (QED) is 0.803. The van der Waals surface area contributed by atoms with Gasteiger partial charge in [-0.3, -0.25) is 0 Å².